The highest BCUT2D eigenvalue weighted by Crippen LogP contribution is 2.44. The van der Waals surface area contributed by atoms with Gasteiger partial charge in [0.2, 0.25) is 0 Å². The normalized spacial score (nSPS) is 21.3. The molecule has 1 aromatic heterocycles. The predicted octanol–water partition coefficient (Wildman–Crippen LogP) is 3.31. The van der Waals surface area contributed by atoms with E-state index in [1.807, 2.05) is 24.1 Å². The summed E-state index contributed by atoms with van der Waals surface area (Å²) < 4.78 is 0. The van der Waals surface area contributed by atoms with Gasteiger partial charge in [0.25, 0.3) is 5.91 Å². The van der Waals surface area contributed by atoms with Gasteiger partial charge in [-0.2, -0.15) is 0 Å². The molecular formula is C17H25N3O. The number of amides is 1. The topological polar surface area (TPSA) is 45.2 Å². The average molecular weight is 287 g/mol. The number of piperidine rings is 1. The Kier molecular flexibility index (Phi) is 4.13. The molecule has 2 aliphatic rings. The summed E-state index contributed by atoms with van der Waals surface area (Å²) in [6.07, 6.45) is 11.0. The van der Waals surface area contributed by atoms with E-state index in [0.717, 1.165) is 24.5 Å². The van der Waals surface area contributed by atoms with Gasteiger partial charge in [-0.25, -0.2) is 4.98 Å². The SMILES string of the molecule is CNc1cc(C(=O)N2CCC3(CCCCC3)CC2)ccn1. The van der Waals surface area contributed by atoms with Crippen LogP contribution in [0.2, 0.25) is 0 Å². The maximum absolute atomic E-state index is 12.6. The van der Waals surface area contributed by atoms with Crippen molar-refractivity contribution in [2.24, 2.45) is 5.41 Å². The van der Waals surface area contributed by atoms with Crippen LogP contribution in [0, 0.1) is 5.41 Å². The van der Waals surface area contributed by atoms with E-state index in [4.69, 9.17) is 0 Å². The fourth-order valence-corrected chi connectivity index (χ4v) is 3.87. The monoisotopic (exact) mass is 287 g/mol. The molecule has 4 nitrogen and oxygen atoms in total. The zero-order valence-electron chi connectivity index (χ0n) is 12.9. The Morgan fingerprint density at radius 2 is 1.90 bits per heavy atom. The number of aromatic nitrogens is 1. The van der Waals surface area contributed by atoms with E-state index < -0.39 is 0 Å². The van der Waals surface area contributed by atoms with Gasteiger partial charge in [-0.3, -0.25) is 4.79 Å². The molecule has 1 aliphatic carbocycles. The van der Waals surface area contributed by atoms with Gasteiger partial charge in [0.1, 0.15) is 5.82 Å². The third-order valence-electron chi connectivity index (χ3n) is 5.29. The molecule has 21 heavy (non-hydrogen) atoms. The summed E-state index contributed by atoms with van der Waals surface area (Å²) in [6.45, 7) is 1.83. The highest BCUT2D eigenvalue weighted by molar-refractivity contribution is 5.94. The molecule has 1 amide bonds. The lowest BCUT2D eigenvalue weighted by atomic mass is 9.68. The maximum Gasteiger partial charge on any atom is 0.254 e. The van der Waals surface area contributed by atoms with Gasteiger partial charge in [0.15, 0.2) is 0 Å². The lowest BCUT2D eigenvalue weighted by molar-refractivity contribution is 0.0472. The Morgan fingerprint density at radius 3 is 2.57 bits per heavy atom. The molecule has 1 aromatic rings. The van der Waals surface area contributed by atoms with Crippen molar-refractivity contribution in [2.45, 2.75) is 44.9 Å². The number of rotatable bonds is 2. The van der Waals surface area contributed by atoms with E-state index in [1.54, 1.807) is 6.20 Å². The van der Waals surface area contributed by atoms with Crippen LogP contribution in [0.25, 0.3) is 0 Å². The second-order valence-corrected chi connectivity index (χ2v) is 6.53. The first-order valence-electron chi connectivity index (χ1n) is 8.16. The molecule has 3 rings (SSSR count). The van der Waals surface area contributed by atoms with E-state index in [9.17, 15) is 4.79 Å². The van der Waals surface area contributed by atoms with E-state index in [1.165, 1.54) is 44.9 Å². The lowest BCUT2D eigenvalue weighted by Gasteiger charge is -2.44. The standard InChI is InChI=1S/C17H25N3O/c1-18-15-13-14(5-10-19-15)16(21)20-11-8-17(9-12-20)6-3-2-4-7-17/h5,10,13H,2-4,6-9,11-12H2,1H3,(H,18,19). The van der Waals surface area contributed by atoms with Gasteiger partial charge in [0, 0.05) is 31.9 Å². The van der Waals surface area contributed by atoms with E-state index >= 15 is 0 Å². The first-order valence-corrected chi connectivity index (χ1v) is 8.16. The molecule has 1 spiro atoms. The highest BCUT2D eigenvalue weighted by atomic mass is 16.2. The number of carbonyl (C=O) groups is 1. The predicted molar refractivity (Wildman–Crippen MR) is 84.4 cm³/mol. The summed E-state index contributed by atoms with van der Waals surface area (Å²) in [4.78, 5) is 18.8. The van der Waals surface area contributed by atoms with Crippen molar-refractivity contribution in [3.8, 4) is 0 Å². The Hall–Kier alpha value is -1.58. The molecular weight excluding hydrogens is 262 g/mol. The smallest absolute Gasteiger partial charge is 0.254 e. The minimum Gasteiger partial charge on any atom is -0.373 e. The summed E-state index contributed by atoms with van der Waals surface area (Å²) in [7, 11) is 1.82. The van der Waals surface area contributed by atoms with Crippen LogP contribution in [-0.4, -0.2) is 35.9 Å². The lowest BCUT2D eigenvalue weighted by Crippen LogP contribution is -2.43. The quantitative estimate of drug-likeness (QED) is 0.907. The third kappa shape index (κ3) is 3.04. The first kappa shape index (κ1) is 14.4. The molecule has 1 N–H and O–H groups in total. The van der Waals surface area contributed by atoms with Crippen LogP contribution in [0.4, 0.5) is 5.82 Å². The van der Waals surface area contributed by atoms with Crippen LogP contribution in [-0.2, 0) is 0 Å². The molecule has 2 fully saturated rings. The number of carbonyl (C=O) groups excluding carboxylic acids is 1. The molecule has 1 saturated heterocycles. The number of likely N-dealkylation sites (tertiary alicyclic amines) is 1. The van der Waals surface area contributed by atoms with E-state index in [-0.39, 0.29) is 5.91 Å². The molecule has 0 unspecified atom stereocenters. The van der Waals surface area contributed by atoms with Crippen molar-refractivity contribution in [2.75, 3.05) is 25.5 Å². The van der Waals surface area contributed by atoms with Crippen LogP contribution in [0.5, 0.6) is 0 Å². The molecule has 2 heterocycles. The largest absolute Gasteiger partial charge is 0.373 e. The van der Waals surface area contributed by atoms with Crippen molar-refractivity contribution >= 4 is 11.7 Å². The molecule has 0 aromatic carbocycles. The minimum atomic E-state index is 0.152. The van der Waals surface area contributed by atoms with Crippen molar-refractivity contribution < 1.29 is 4.79 Å². The summed E-state index contributed by atoms with van der Waals surface area (Å²) >= 11 is 0. The fraction of sp³-hybridized carbons (Fsp3) is 0.647. The van der Waals surface area contributed by atoms with Crippen molar-refractivity contribution in [1.29, 1.82) is 0 Å². The summed E-state index contributed by atoms with van der Waals surface area (Å²) in [5.74, 6) is 0.904. The number of nitrogens with one attached hydrogen (secondary N) is 1. The van der Waals surface area contributed by atoms with Gasteiger partial charge >= 0.3 is 0 Å². The summed E-state index contributed by atoms with van der Waals surface area (Å²) in [6, 6.07) is 3.65. The zero-order chi connectivity index (χ0) is 14.7. The molecule has 4 heteroatoms. The van der Waals surface area contributed by atoms with Crippen LogP contribution in [0.3, 0.4) is 0 Å². The number of nitrogens with zero attached hydrogens (tertiary/aromatic N) is 2. The summed E-state index contributed by atoms with van der Waals surface area (Å²) in [5.41, 5.74) is 1.29. The van der Waals surface area contributed by atoms with Crippen molar-refractivity contribution in [1.82, 2.24) is 9.88 Å². The Bertz CT molecular complexity index is 499. The number of hydrogen-bond acceptors (Lipinski definition) is 3. The van der Waals surface area contributed by atoms with Gasteiger partial charge in [-0.15, -0.1) is 0 Å². The Balaban J connectivity index is 1.64. The Labute approximate surface area is 126 Å². The highest BCUT2D eigenvalue weighted by Gasteiger charge is 2.36. The second-order valence-electron chi connectivity index (χ2n) is 6.53. The second kappa shape index (κ2) is 6.04. The third-order valence-corrected chi connectivity index (χ3v) is 5.29. The van der Waals surface area contributed by atoms with Crippen LogP contribution >= 0.6 is 0 Å². The maximum atomic E-state index is 12.6. The van der Waals surface area contributed by atoms with Crippen LogP contribution in [0.15, 0.2) is 18.3 Å². The molecule has 0 bridgehead atoms. The number of pyridine rings is 1. The average Bonchev–Trinajstić information content (AvgIpc) is 2.56. The minimum absolute atomic E-state index is 0.152. The molecule has 114 valence electrons. The van der Waals surface area contributed by atoms with Gasteiger partial charge in [-0.05, 0) is 43.2 Å². The molecule has 1 aliphatic heterocycles. The van der Waals surface area contributed by atoms with E-state index in [2.05, 4.69) is 10.3 Å². The number of hydrogen-bond donors (Lipinski definition) is 1. The first-order chi connectivity index (χ1) is 10.2. The van der Waals surface area contributed by atoms with Gasteiger partial charge in [-0.1, -0.05) is 19.3 Å². The van der Waals surface area contributed by atoms with Crippen LogP contribution in [0.1, 0.15) is 55.3 Å². The van der Waals surface area contributed by atoms with Crippen LogP contribution < -0.4 is 5.32 Å². The molecule has 0 atom stereocenters. The fourth-order valence-electron chi connectivity index (χ4n) is 3.87. The zero-order valence-corrected chi connectivity index (χ0v) is 12.9. The van der Waals surface area contributed by atoms with E-state index in [0.29, 0.717) is 5.41 Å². The van der Waals surface area contributed by atoms with Crippen molar-refractivity contribution in [3.63, 3.8) is 0 Å². The molecule has 0 radical (unpaired) electrons. The number of anilines is 1. The van der Waals surface area contributed by atoms with Gasteiger partial charge < -0.3 is 10.2 Å². The van der Waals surface area contributed by atoms with Crippen molar-refractivity contribution in [3.05, 3.63) is 23.9 Å². The summed E-state index contributed by atoms with van der Waals surface area (Å²) in [5, 5.41) is 2.99. The Morgan fingerprint density at radius 1 is 1.19 bits per heavy atom. The van der Waals surface area contributed by atoms with Gasteiger partial charge in [0.05, 0.1) is 0 Å². The molecule has 1 saturated carbocycles.